The number of amidine groups is 2. The predicted molar refractivity (Wildman–Crippen MR) is 104 cm³/mol. The average Bonchev–Trinajstić information content (AvgIpc) is 3.19. The molecule has 0 unspecified atom stereocenters. The summed E-state index contributed by atoms with van der Waals surface area (Å²) in [7, 11) is 0. The van der Waals surface area contributed by atoms with Crippen molar-refractivity contribution in [2.24, 2.45) is 9.98 Å². The third-order valence-corrected chi connectivity index (χ3v) is 6.97. The lowest BCUT2D eigenvalue weighted by Gasteiger charge is -2.32. The summed E-state index contributed by atoms with van der Waals surface area (Å²) in [6, 6.07) is 9.51. The van der Waals surface area contributed by atoms with E-state index in [9.17, 15) is 0 Å². The van der Waals surface area contributed by atoms with Crippen molar-refractivity contribution >= 4 is 39.5 Å². The number of hydrogen-bond acceptors (Lipinski definition) is 6. The van der Waals surface area contributed by atoms with Crippen LogP contribution in [0.4, 0.5) is 5.69 Å². The largest absolute Gasteiger partial charge is 0.360 e. The van der Waals surface area contributed by atoms with Gasteiger partial charge >= 0.3 is 0 Å². The average molecular weight is 357 g/mol. The second kappa shape index (κ2) is 6.15. The molecule has 1 N–H and O–H groups in total. The number of rotatable bonds is 2. The molecular weight excluding hydrogens is 336 g/mol. The van der Waals surface area contributed by atoms with Crippen LogP contribution in [0.2, 0.25) is 0 Å². The number of hydrogen-bond donors (Lipinski definition) is 1. The molecule has 1 fully saturated rings. The number of nitrogens with zero attached hydrogens (tertiary/aromatic N) is 3. The van der Waals surface area contributed by atoms with Crippen molar-refractivity contribution in [2.45, 2.75) is 44.3 Å². The summed E-state index contributed by atoms with van der Waals surface area (Å²) in [6.07, 6.45) is 5.23. The van der Waals surface area contributed by atoms with E-state index in [0.717, 1.165) is 23.2 Å². The molecule has 1 saturated carbocycles. The monoisotopic (exact) mass is 356 g/mol. The molecule has 24 heavy (non-hydrogen) atoms. The van der Waals surface area contributed by atoms with Gasteiger partial charge in [-0.25, -0.2) is 4.99 Å². The highest BCUT2D eigenvalue weighted by molar-refractivity contribution is 8.17. The highest BCUT2D eigenvalue weighted by atomic mass is 32.2. The van der Waals surface area contributed by atoms with Crippen LogP contribution in [-0.2, 0) is 6.54 Å². The van der Waals surface area contributed by atoms with Gasteiger partial charge in [-0.15, -0.1) is 0 Å². The molecule has 4 nitrogen and oxygen atoms in total. The summed E-state index contributed by atoms with van der Waals surface area (Å²) >= 11 is 3.61. The zero-order valence-corrected chi connectivity index (χ0v) is 15.1. The predicted octanol–water partition coefficient (Wildman–Crippen LogP) is 4.08. The second-order valence-corrected chi connectivity index (χ2v) is 8.42. The molecule has 1 aromatic rings. The summed E-state index contributed by atoms with van der Waals surface area (Å²) in [5, 5.41) is 7.99. The van der Waals surface area contributed by atoms with Gasteiger partial charge in [0.15, 0.2) is 10.3 Å². The van der Waals surface area contributed by atoms with Crippen molar-refractivity contribution in [3.63, 3.8) is 0 Å². The van der Waals surface area contributed by atoms with Gasteiger partial charge < -0.3 is 10.2 Å². The van der Waals surface area contributed by atoms with Crippen molar-refractivity contribution in [1.29, 1.82) is 0 Å². The van der Waals surface area contributed by atoms with Crippen LogP contribution >= 0.6 is 23.5 Å². The maximum Gasteiger partial charge on any atom is 0.168 e. The van der Waals surface area contributed by atoms with E-state index in [-0.39, 0.29) is 0 Å². The van der Waals surface area contributed by atoms with Crippen molar-refractivity contribution in [1.82, 2.24) is 10.2 Å². The molecular formula is C18H20N4S2. The van der Waals surface area contributed by atoms with Gasteiger partial charge in [-0.05, 0) is 29.9 Å². The van der Waals surface area contributed by atoms with Gasteiger partial charge in [0, 0.05) is 18.0 Å². The van der Waals surface area contributed by atoms with Gasteiger partial charge in [0.1, 0.15) is 0 Å². The number of para-hydroxylation sites is 1. The first-order valence-corrected chi connectivity index (χ1v) is 10.5. The minimum atomic E-state index is 0.534. The maximum absolute atomic E-state index is 4.95. The maximum atomic E-state index is 4.95. The molecule has 0 radical (unpaired) electrons. The van der Waals surface area contributed by atoms with Gasteiger partial charge in [-0.3, -0.25) is 4.99 Å². The van der Waals surface area contributed by atoms with E-state index < -0.39 is 0 Å². The van der Waals surface area contributed by atoms with Crippen LogP contribution in [0.3, 0.4) is 0 Å². The molecule has 6 heteroatoms. The summed E-state index contributed by atoms with van der Waals surface area (Å²) < 4.78 is 0. The lowest BCUT2D eigenvalue weighted by Crippen LogP contribution is -2.39. The Morgan fingerprint density at radius 2 is 2.17 bits per heavy atom. The Balaban J connectivity index is 1.28. The Bertz CT molecular complexity index is 755. The fourth-order valence-electron chi connectivity index (χ4n) is 3.91. The molecule has 0 bridgehead atoms. The summed E-state index contributed by atoms with van der Waals surface area (Å²) in [6.45, 7) is 0.872. The summed E-state index contributed by atoms with van der Waals surface area (Å²) in [5.41, 5.74) is 3.78. The normalized spacial score (nSPS) is 27.5. The number of nitrogens with one attached hydrogen (secondary N) is 1. The Kier molecular flexibility index (Phi) is 3.82. The van der Waals surface area contributed by atoms with Crippen molar-refractivity contribution in [3.8, 4) is 0 Å². The molecule has 1 aliphatic carbocycles. The van der Waals surface area contributed by atoms with Crippen LogP contribution in [0.25, 0.3) is 0 Å². The number of aliphatic imine (C=N–C) groups is 2. The number of benzene rings is 1. The second-order valence-electron chi connectivity index (χ2n) is 6.62. The topological polar surface area (TPSA) is 40.0 Å². The Morgan fingerprint density at radius 3 is 3.17 bits per heavy atom. The van der Waals surface area contributed by atoms with Crippen molar-refractivity contribution < 1.29 is 0 Å². The van der Waals surface area contributed by atoms with E-state index in [1.807, 2.05) is 11.8 Å². The first-order valence-electron chi connectivity index (χ1n) is 8.64. The lowest BCUT2D eigenvalue weighted by atomic mass is 9.91. The van der Waals surface area contributed by atoms with E-state index >= 15 is 0 Å². The molecule has 0 saturated heterocycles. The zero-order valence-electron chi connectivity index (χ0n) is 13.4. The molecule has 4 aliphatic rings. The van der Waals surface area contributed by atoms with Crippen LogP contribution < -0.4 is 5.32 Å². The third kappa shape index (κ3) is 2.56. The van der Waals surface area contributed by atoms with Gasteiger partial charge in [-0.1, -0.05) is 54.6 Å². The molecule has 0 spiro atoms. The molecule has 124 valence electrons. The lowest BCUT2D eigenvalue weighted by molar-refractivity contribution is 0.285. The Labute approximate surface area is 150 Å². The third-order valence-electron chi connectivity index (χ3n) is 5.12. The fourth-order valence-corrected chi connectivity index (χ4v) is 5.86. The highest BCUT2D eigenvalue weighted by Gasteiger charge is 2.41. The van der Waals surface area contributed by atoms with E-state index in [0.29, 0.717) is 12.1 Å². The van der Waals surface area contributed by atoms with E-state index in [1.54, 1.807) is 11.8 Å². The molecule has 0 aromatic heterocycles. The molecule has 5 rings (SSSR count). The van der Waals surface area contributed by atoms with E-state index in [2.05, 4.69) is 39.9 Å². The Morgan fingerprint density at radius 1 is 1.25 bits per heavy atom. The van der Waals surface area contributed by atoms with Crippen LogP contribution in [0.1, 0.15) is 31.2 Å². The van der Waals surface area contributed by atoms with E-state index in [4.69, 9.17) is 9.98 Å². The van der Waals surface area contributed by atoms with E-state index in [1.165, 1.54) is 42.1 Å². The van der Waals surface area contributed by atoms with Gasteiger partial charge in [-0.2, -0.15) is 0 Å². The fraction of sp³-hybridized carbons (Fsp3) is 0.444. The van der Waals surface area contributed by atoms with Gasteiger partial charge in [0.2, 0.25) is 0 Å². The van der Waals surface area contributed by atoms with Crippen LogP contribution in [-0.4, -0.2) is 33.1 Å². The first kappa shape index (κ1) is 14.9. The standard InChI is InChI=1S/C18H20N4S2/c1-2-6-14-12(5-1)9-19-17(20-14)23-10-13-11-24-18-21-15-7-3-4-8-16(15)22(13)18/h1-2,5-6,11,15-16H,3-4,7-10H2,(H,19,20)/t15-,16-/m1/s1. The van der Waals surface area contributed by atoms with Gasteiger partial charge in [0.05, 0.1) is 17.8 Å². The van der Waals surface area contributed by atoms with Crippen LogP contribution in [0.15, 0.2) is 45.4 Å². The smallest absolute Gasteiger partial charge is 0.168 e. The first-order chi connectivity index (χ1) is 11.9. The number of thioether (sulfide) groups is 2. The molecule has 3 aliphatic heterocycles. The number of fused-ring (bicyclic) bond motifs is 4. The minimum Gasteiger partial charge on any atom is -0.360 e. The summed E-state index contributed by atoms with van der Waals surface area (Å²) in [4.78, 5) is 12.2. The zero-order chi connectivity index (χ0) is 15.9. The summed E-state index contributed by atoms with van der Waals surface area (Å²) in [5.74, 6) is 0.962. The van der Waals surface area contributed by atoms with Crippen LogP contribution in [0.5, 0.6) is 0 Å². The SMILES string of the molecule is C1=C(CSC2=Nc3ccccc3CN2)N2C(=N[C@@H]3CCCC[C@H]32)S1. The molecule has 1 aromatic carbocycles. The van der Waals surface area contributed by atoms with Crippen molar-refractivity contribution in [3.05, 3.63) is 40.9 Å². The van der Waals surface area contributed by atoms with Crippen molar-refractivity contribution in [2.75, 3.05) is 5.75 Å². The molecule has 3 heterocycles. The molecule has 2 atom stereocenters. The quantitative estimate of drug-likeness (QED) is 0.867. The minimum absolute atomic E-state index is 0.534. The highest BCUT2D eigenvalue weighted by Crippen LogP contribution is 2.41. The van der Waals surface area contributed by atoms with Crippen LogP contribution in [0, 0.1) is 0 Å². The molecule has 0 amide bonds. The van der Waals surface area contributed by atoms with Gasteiger partial charge in [0.25, 0.3) is 0 Å². The Hall–Kier alpha value is -1.40.